The van der Waals surface area contributed by atoms with Gasteiger partial charge in [0.1, 0.15) is 0 Å². The second-order valence-corrected chi connectivity index (χ2v) is 2.83. The van der Waals surface area contributed by atoms with Crippen LogP contribution in [-0.4, -0.2) is 33.5 Å². The van der Waals surface area contributed by atoms with Crippen molar-refractivity contribution in [1.82, 2.24) is 15.1 Å². The highest BCUT2D eigenvalue weighted by Crippen LogP contribution is 2.20. The Morgan fingerprint density at radius 2 is 1.71 bits per heavy atom. The van der Waals surface area contributed by atoms with Gasteiger partial charge in [-0.05, 0) is 0 Å². The molecule has 1 aliphatic rings. The molecule has 0 unspecified atom stereocenters. The van der Waals surface area contributed by atoms with Gasteiger partial charge >= 0.3 is 0 Å². The Morgan fingerprint density at radius 1 is 1.21 bits per heavy atom. The number of hydrogen-bond acceptors (Lipinski definition) is 4. The summed E-state index contributed by atoms with van der Waals surface area (Å²) in [5, 5.41) is 7.12. The number of amides is 2. The van der Waals surface area contributed by atoms with Gasteiger partial charge < -0.3 is 0 Å². The molecule has 5 nitrogen and oxygen atoms in total. The molecule has 1 aromatic rings. The molecule has 2 heterocycles. The summed E-state index contributed by atoms with van der Waals surface area (Å²) >= 11 is 0. The van der Waals surface area contributed by atoms with Crippen LogP contribution < -0.4 is 0 Å². The van der Waals surface area contributed by atoms with Gasteiger partial charge in [-0.25, -0.2) is 0 Å². The summed E-state index contributed by atoms with van der Waals surface area (Å²) in [6.07, 6.45) is 4.11. The normalized spacial score (nSPS) is 14.4. The number of carbonyl (C=O) groups excluding carboxylic acids is 2. The zero-order chi connectivity index (χ0) is 10.1. The van der Waals surface area contributed by atoms with E-state index in [2.05, 4.69) is 16.8 Å². The molecule has 1 aromatic heterocycles. The Morgan fingerprint density at radius 3 is 2.14 bits per heavy atom. The fourth-order valence-corrected chi connectivity index (χ4v) is 1.34. The number of hydrogen-bond donors (Lipinski definition) is 0. The van der Waals surface area contributed by atoms with E-state index < -0.39 is 0 Å². The Bertz CT molecular complexity index is 393. The van der Waals surface area contributed by atoms with E-state index in [4.69, 9.17) is 0 Å². The van der Waals surface area contributed by atoms with E-state index in [0.29, 0.717) is 11.1 Å². The highest BCUT2D eigenvalue weighted by atomic mass is 16.2. The van der Waals surface area contributed by atoms with E-state index in [1.54, 1.807) is 0 Å². The maximum Gasteiger partial charge on any atom is 0.263 e. The molecular formula is C9H7N3O2. The minimum absolute atomic E-state index is 0.215. The third-order valence-corrected chi connectivity index (χ3v) is 1.99. The number of rotatable bonds is 2. The van der Waals surface area contributed by atoms with Crippen molar-refractivity contribution in [3.8, 4) is 0 Å². The van der Waals surface area contributed by atoms with Gasteiger partial charge in [-0.3, -0.25) is 14.5 Å². The van der Waals surface area contributed by atoms with Crippen LogP contribution in [0.5, 0.6) is 0 Å². The lowest BCUT2D eigenvalue weighted by atomic mass is 10.2. The highest BCUT2D eigenvalue weighted by Gasteiger charge is 2.35. The molecule has 1 aliphatic heterocycles. The molecule has 5 heteroatoms. The summed E-state index contributed by atoms with van der Waals surface area (Å²) in [6, 6.07) is 0. The van der Waals surface area contributed by atoms with Gasteiger partial charge in [-0.1, -0.05) is 6.08 Å². The Balaban J connectivity index is 2.48. The molecule has 0 saturated carbocycles. The van der Waals surface area contributed by atoms with Crippen LogP contribution in [-0.2, 0) is 0 Å². The predicted octanol–water partition coefficient (Wildman–Crippen LogP) is 0.259. The topological polar surface area (TPSA) is 63.2 Å². The number of nitrogens with zero attached hydrogens (tertiary/aromatic N) is 3. The number of imide groups is 1. The van der Waals surface area contributed by atoms with Crippen molar-refractivity contribution in [3.63, 3.8) is 0 Å². The molecule has 2 rings (SSSR count). The monoisotopic (exact) mass is 189 g/mol. The van der Waals surface area contributed by atoms with Gasteiger partial charge in [0, 0.05) is 6.54 Å². The van der Waals surface area contributed by atoms with Crippen LogP contribution in [0.25, 0.3) is 0 Å². The van der Waals surface area contributed by atoms with Crippen molar-refractivity contribution in [1.29, 1.82) is 0 Å². The lowest BCUT2D eigenvalue weighted by Gasteiger charge is -2.09. The van der Waals surface area contributed by atoms with E-state index in [0.717, 1.165) is 4.90 Å². The van der Waals surface area contributed by atoms with Crippen LogP contribution in [0.15, 0.2) is 25.0 Å². The molecular weight excluding hydrogens is 182 g/mol. The molecule has 0 radical (unpaired) electrons. The van der Waals surface area contributed by atoms with Crippen LogP contribution in [0, 0.1) is 0 Å². The molecule has 0 N–H and O–H groups in total. The van der Waals surface area contributed by atoms with Crippen LogP contribution in [0.1, 0.15) is 20.7 Å². The Kier molecular flexibility index (Phi) is 1.85. The fourth-order valence-electron chi connectivity index (χ4n) is 1.34. The van der Waals surface area contributed by atoms with Crippen LogP contribution in [0.4, 0.5) is 0 Å². The molecule has 0 fully saturated rings. The van der Waals surface area contributed by atoms with Crippen molar-refractivity contribution in [2.75, 3.05) is 6.54 Å². The van der Waals surface area contributed by atoms with E-state index in [9.17, 15) is 9.59 Å². The summed E-state index contributed by atoms with van der Waals surface area (Å²) in [5.41, 5.74) is 0.624. The molecule has 0 aliphatic carbocycles. The highest BCUT2D eigenvalue weighted by molar-refractivity contribution is 6.21. The van der Waals surface area contributed by atoms with Gasteiger partial charge in [-0.2, -0.15) is 10.2 Å². The first kappa shape index (κ1) is 8.55. The zero-order valence-electron chi connectivity index (χ0n) is 7.30. The van der Waals surface area contributed by atoms with Crippen LogP contribution in [0.2, 0.25) is 0 Å². The molecule has 2 amide bonds. The predicted molar refractivity (Wildman–Crippen MR) is 47.6 cm³/mol. The van der Waals surface area contributed by atoms with Crippen molar-refractivity contribution < 1.29 is 9.59 Å². The summed E-state index contributed by atoms with van der Waals surface area (Å²) in [7, 11) is 0. The summed E-state index contributed by atoms with van der Waals surface area (Å²) < 4.78 is 0. The average Bonchev–Trinajstić information content (AvgIpc) is 2.45. The molecule has 70 valence electrons. The van der Waals surface area contributed by atoms with Crippen LogP contribution in [0.3, 0.4) is 0 Å². The number of fused-ring (bicyclic) bond motifs is 1. The first-order valence-electron chi connectivity index (χ1n) is 4.03. The molecule has 0 atom stereocenters. The SMILES string of the molecule is C=CCN1C(=O)c2cnncc2C1=O. The average molecular weight is 189 g/mol. The van der Waals surface area contributed by atoms with Crippen LogP contribution >= 0.6 is 0 Å². The first-order valence-corrected chi connectivity index (χ1v) is 4.03. The molecule has 0 bridgehead atoms. The number of aromatic nitrogens is 2. The Hall–Kier alpha value is -2.04. The molecule has 0 aromatic carbocycles. The van der Waals surface area contributed by atoms with Gasteiger partial charge in [0.25, 0.3) is 11.8 Å². The van der Waals surface area contributed by atoms with Gasteiger partial charge in [0.05, 0.1) is 23.5 Å². The molecule has 0 spiro atoms. The van der Waals surface area contributed by atoms with Crippen molar-refractivity contribution >= 4 is 11.8 Å². The van der Waals surface area contributed by atoms with Crippen molar-refractivity contribution in [3.05, 3.63) is 36.2 Å². The minimum Gasteiger partial charge on any atom is -0.270 e. The van der Waals surface area contributed by atoms with Crippen molar-refractivity contribution in [2.45, 2.75) is 0 Å². The third-order valence-electron chi connectivity index (χ3n) is 1.99. The summed E-state index contributed by atoms with van der Waals surface area (Å²) in [4.78, 5) is 24.3. The van der Waals surface area contributed by atoms with E-state index in [1.807, 2.05) is 0 Å². The minimum atomic E-state index is -0.334. The maximum absolute atomic E-state index is 11.6. The van der Waals surface area contributed by atoms with E-state index >= 15 is 0 Å². The smallest absolute Gasteiger partial charge is 0.263 e. The first-order chi connectivity index (χ1) is 6.75. The van der Waals surface area contributed by atoms with Gasteiger partial charge in [0.15, 0.2) is 0 Å². The number of carbonyl (C=O) groups is 2. The zero-order valence-corrected chi connectivity index (χ0v) is 7.30. The second kappa shape index (κ2) is 3.02. The summed E-state index contributed by atoms with van der Waals surface area (Å²) in [5.74, 6) is -0.667. The fraction of sp³-hybridized carbons (Fsp3) is 0.111. The quantitative estimate of drug-likeness (QED) is 0.494. The van der Waals surface area contributed by atoms with E-state index in [1.165, 1.54) is 18.5 Å². The lowest BCUT2D eigenvalue weighted by molar-refractivity contribution is 0.0672. The lowest BCUT2D eigenvalue weighted by Crippen LogP contribution is -2.29. The maximum atomic E-state index is 11.6. The second-order valence-electron chi connectivity index (χ2n) is 2.83. The largest absolute Gasteiger partial charge is 0.270 e. The molecule has 0 saturated heterocycles. The van der Waals surface area contributed by atoms with Crippen molar-refractivity contribution in [2.24, 2.45) is 0 Å². The van der Waals surface area contributed by atoms with Gasteiger partial charge in [-0.15, -0.1) is 6.58 Å². The van der Waals surface area contributed by atoms with E-state index in [-0.39, 0.29) is 18.4 Å². The summed E-state index contributed by atoms with van der Waals surface area (Å²) in [6.45, 7) is 3.69. The standard InChI is InChI=1S/C9H7N3O2/c1-2-3-12-8(13)6-4-10-11-5-7(6)9(12)14/h2,4-5H,1,3H2. The Labute approximate surface area is 80.1 Å². The molecule has 14 heavy (non-hydrogen) atoms. The third kappa shape index (κ3) is 1.02. The van der Waals surface area contributed by atoms with Gasteiger partial charge in [0.2, 0.25) is 0 Å².